The first-order valence-corrected chi connectivity index (χ1v) is 13.6. The minimum Gasteiger partial charge on any atom is -0.487 e. The molecule has 0 aromatic heterocycles. The average molecular weight is 499 g/mol. The second-order valence-corrected chi connectivity index (χ2v) is 10.7. The van der Waals surface area contributed by atoms with E-state index in [-0.39, 0.29) is 24.5 Å². The van der Waals surface area contributed by atoms with Crippen LogP contribution in [0.5, 0.6) is 11.5 Å². The van der Waals surface area contributed by atoms with Crippen LogP contribution in [0.2, 0.25) is 0 Å². The number of ether oxygens (including phenoxy) is 2. The van der Waals surface area contributed by atoms with E-state index in [1.807, 2.05) is 42.5 Å². The lowest BCUT2D eigenvalue weighted by molar-refractivity contribution is -0.119. The molecule has 1 aliphatic heterocycles. The number of rotatable bonds is 8. The van der Waals surface area contributed by atoms with Crippen molar-refractivity contribution in [1.29, 1.82) is 0 Å². The maximum Gasteiger partial charge on any atom is 0.255 e. The molecular formula is C31H34N2O4. The number of nitrogens with two attached hydrogens (primary N) is 1. The lowest BCUT2D eigenvalue weighted by Crippen LogP contribution is -2.32. The summed E-state index contributed by atoms with van der Waals surface area (Å²) in [5, 5.41) is 2.13. The predicted molar refractivity (Wildman–Crippen MR) is 143 cm³/mol. The summed E-state index contributed by atoms with van der Waals surface area (Å²) >= 11 is 0. The fourth-order valence-corrected chi connectivity index (χ4v) is 6.17. The molecule has 6 rings (SSSR count). The molecule has 3 aromatic rings. The highest BCUT2D eigenvalue weighted by atomic mass is 16.5. The minimum absolute atomic E-state index is 0.0466. The van der Waals surface area contributed by atoms with Gasteiger partial charge in [0.1, 0.15) is 0 Å². The van der Waals surface area contributed by atoms with Crippen LogP contribution in [0.25, 0.3) is 10.8 Å². The fraction of sp³-hybridized carbons (Fsp3) is 0.419. The summed E-state index contributed by atoms with van der Waals surface area (Å²) in [5.41, 5.74) is 8.22. The first-order valence-electron chi connectivity index (χ1n) is 13.6. The van der Waals surface area contributed by atoms with Crippen molar-refractivity contribution in [3.63, 3.8) is 0 Å². The first kappa shape index (κ1) is 23.8. The molecule has 0 bridgehead atoms. The van der Waals surface area contributed by atoms with E-state index in [0.717, 1.165) is 53.3 Å². The molecule has 2 amide bonds. The van der Waals surface area contributed by atoms with E-state index in [1.165, 1.54) is 25.7 Å². The molecule has 3 aromatic carbocycles. The number of nitrogens with zero attached hydrogens (tertiary/aromatic N) is 1. The molecule has 1 unspecified atom stereocenters. The van der Waals surface area contributed by atoms with Crippen molar-refractivity contribution in [3.05, 3.63) is 71.3 Å². The van der Waals surface area contributed by atoms with Crippen molar-refractivity contribution in [2.75, 3.05) is 0 Å². The average Bonchev–Trinajstić information content (AvgIpc) is 3.66. The van der Waals surface area contributed by atoms with Gasteiger partial charge in [0.15, 0.2) is 11.5 Å². The zero-order chi connectivity index (χ0) is 25.4. The third-order valence-electron chi connectivity index (χ3n) is 8.12. The molecule has 6 nitrogen and oxygen atoms in total. The number of hydrogen-bond donors (Lipinski definition) is 1. The molecule has 2 N–H and O–H groups in total. The summed E-state index contributed by atoms with van der Waals surface area (Å²) < 4.78 is 12.8. The molecule has 0 radical (unpaired) electrons. The Kier molecular flexibility index (Phi) is 6.49. The molecular weight excluding hydrogens is 464 g/mol. The van der Waals surface area contributed by atoms with Crippen molar-refractivity contribution >= 4 is 22.6 Å². The topological polar surface area (TPSA) is 81.9 Å². The number of hydrogen-bond acceptors (Lipinski definition) is 4. The smallest absolute Gasteiger partial charge is 0.255 e. The molecule has 3 aliphatic rings. The van der Waals surface area contributed by atoms with Gasteiger partial charge in [-0.15, -0.1) is 0 Å². The van der Waals surface area contributed by atoms with Crippen molar-refractivity contribution in [2.24, 2.45) is 5.73 Å². The lowest BCUT2D eigenvalue weighted by Gasteiger charge is -2.29. The summed E-state index contributed by atoms with van der Waals surface area (Å²) in [6, 6.07) is 17.5. The minimum atomic E-state index is -0.480. The molecule has 2 saturated carbocycles. The SMILES string of the molecule is NC(=O)CC(c1ccc(OC2CCCC2)c(OC2CCCC2)c1)N1Cc2cc3ccccc3cc2C1=O. The van der Waals surface area contributed by atoms with Crippen LogP contribution in [0.4, 0.5) is 0 Å². The van der Waals surface area contributed by atoms with Gasteiger partial charge < -0.3 is 20.1 Å². The highest BCUT2D eigenvalue weighted by molar-refractivity contribution is 6.03. The summed E-state index contributed by atoms with van der Waals surface area (Å²) in [4.78, 5) is 27.6. The third kappa shape index (κ3) is 4.89. The largest absolute Gasteiger partial charge is 0.487 e. The normalized spacial score (nSPS) is 18.9. The van der Waals surface area contributed by atoms with E-state index in [4.69, 9.17) is 15.2 Å². The third-order valence-corrected chi connectivity index (χ3v) is 8.12. The van der Waals surface area contributed by atoms with Crippen LogP contribution >= 0.6 is 0 Å². The summed E-state index contributed by atoms with van der Waals surface area (Å²) in [6.07, 6.45) is 9.33. The molecule has 192 valence electrons. The van der Waals surface area contributed by atoms with Crippen molar-refractivity contribution < 1.29 is 19.1 Å². The Balaban J connectivity index is 1.34. The number of benzene rings is 3. The van der Waals surface area contributed by atoms with Crippen LogP contribution in [-0.4, -0.2) is 28.9 Å². The highest BCUT2D eigenvalue weighted by Gasteiger charge is 2.35. The van der Waals surface area contributed by atoms with E-state index >= 15 is 0 Å². The molecule has 1 heterocycles. The van der Waals surface area contributed by atoms with Gasteiger partial charge in [-0.1, -0.05) is 30.3 Å². The molecule has 2 aliphatic carbocycles. The summed E-state index contributed by atoms with van der Waals surface area (Å²) in [7, 11) is 0. The molecule has 2 fully saturated rings. The monoisotopic (exact) mass is 498 g/mol. The van der Waals surface area contributed by atoms with Crippen LogP contribution in [0.1, 0.15) is 85.3 Å². The van der Waals surface area contributed by atoms with Crippen LogP contribution < -0.4 is 15.2 Å². The Morgan fingerprint density at radius 3 is 2.14 bits per heavy atom. The summed E-state index contributed by atoms with van der Waals surface area (Å²) in [5.74, 6) is 0.948. The second-order valence-electron chi connectivity index (χ2n) is 10.7. The maximum absolute atomic E-state index is 13.6. The standard InChI is InChI=1S/C31H34N2O4/c32-30(34)18-27(33-19-23-15-20-7-1-2-8-21(20)16-26(23)31(33)35)22-13-14-28(36-24-9-3-4-10-24)29(17-22)37-25-11-5-6-12-25/h1-2,7-8,13-17,24-25,27H,3-6,9-12,18-19H2,(H2,32,34). The Morgan fingerprint density at radius 1 is 0.865 bits per heavy atom. The van der Waals surface area contributed by atoms with Gasteiger partial charge in [0, 0.05) is 12.1 Å². The van der Waals surface area contributed by atoms with Crippen LogP contribution in [-0.2, 0) is 11.3 Å². The van der Waals surface area contributed by atoms with E-state index in [1.54, 1.807) is 4.90 Å². The van der Waals surface area contributed by atoms with Gasteiger partial charge in [-0.25, -0.2) is 0 Å². The predicted octanol–water partition coefficient (Wildman–Crippen LogP) is 6.06. The maximum atomic E-state index is 13.6. The highest BCUT2D eigenvalue weighted by Crippen LogP contribution is 2.40. The van der Waals surface area contributed by atoms with Crippen LogP contribution in [0.3, 0.4) is 0 Å². The lowest BCUT2D eigenvalue weighted by atomic mass is 10.0. The van der Waals surface area contributed by atoms with Crippen LogP contribution in [0.15, 0.2) is 54.6 Å². The molecule has 6 heteroatoms. The Labute approximate surface area is 217 Å². The quantitative estimate of drug-likeness (QED) is 0.410. The van der Waals surface area contributed by atoms with Gasteiger partial charge in [-0.3, -0.25) is 9.59 Å². The van der Waals surface area contributed by atoms with Gasteiger partial charge in [0.25, 0.3) is 5.91 Å². The van der Waals surface area contributed by atoms with E-state index < -0.39 is 11.9 Å². The van der Waals surface area contributed by atoms with E-state index in [2.05, 4.69) is 12.1 Å². The fourth-order valence-electron chi connectivity index (χ4n) is 6.17. The molecule has 1 atom stereocenters. The molecule has 37 heavy (non-hydrogen) atoms. The number of carbonyl (C=O) groups is 2. The number of carbonyl (C=O) groups excluding carboxylic acids is 2. The van der Waals surface area contributed by atoms with Crippen molar-refractivity contribution in [2.45, 2.75) is 82.6 Å². The van der Waals surface area contributed by atoms with Gasteiger partial charge in [0.05, 0.1) is 24.7 Å². The van der Waals surface area contributed by atoms with Crippen molar-refractivity contribution in [1.82, 2.24) is 4.90 Å². The molecule has 0 saturated heterocycles. The Hall–Kier alpha value is -3.54. The number of amides is 2. The first-order chi connectivity index (χ1) is 18.0. The second kappa shape index (κ2) is 10.1. The van der Waals surface area contributed by atoms with E-state index in [0.29, 0.717) is 17.9 Å². The van der Waals surface area contributed by atoms with Gasteiger partial charge >= 0.3 is 0 Å². The van der Waals surface area contributed by atoms with Gasteiger partial charge in [-0.05, 0) is 97.5 Å². The van der Waals surface area contributed by atoms with E-state index in [9.17, 15) is 9.59 Å². The number of primary amides is 1. The van der Waals surface area contributed by atoms with Crippen LogP contribution in [0, 0.1) is 0 Å². The van der Waals surface area contributed by atoms with Gasteiger partial charge in [0.2, 0.25) is 5.91 Å². The number of fused-ring (bicyclic) bond motifs is 2. The van der Waals surface area contributed by atoms with Crippen molar-refractivity contribution in [3.8, 4) is 11.5 Å². The Bertz CT molecular complexity index is 1320. The summed E-state index contributed by atoms with van der Waals surface area (Å²) in [6.45, 7) is 0.441. The zero-order valence-corrected chi connectivity index (χ0v) is 21.2. The molecule has 0 spiro atoms. The Morgan fingerprint density at radius 2 is 1.49 bits per heavy atom. The van der Waals surface area contributed by atoms with Gasteiger partial charge in [-0.2, -0.15) is 0 Å². The zero-order valence-electron chi connectivity index (χ0n) is 21.2.